The quantitative estimate of drug-likeness (QED) is 0.245. The molecular weight excluding hydrogens is 474 g/mol. The third-order valence-corrected chi connectivity index (χ3v) is 7.18. The second-order valence-electron chi connectivity index (χ2n) is 10.3. The van der Waals surface area contributed by atoms with Crippen LogP contribution in [0.3, 0.4) is 0 Å². The molecule has 212 valence electrons. The number of hydrogen-bond acceptors (Lipinski definition) is 5. The van der Waals surface area contributed by atoms with Crippen LogP contribution in [0.1, 0.15) is 90.9 Å². The molecule has 0 bridgehead atoms. The number of morpholine rings is 1. The highest BCUT2D eigenvalue weighted by molar-refractivity contribution is 5.92. The Labute approximate surface area is 222 Å². The molecule has 1 aliphatic heterocycles. The fourth-order valence-corrected chi connectivity index (χ4v) is 4.83. The zero-order valence-corrected chi connectivity index (χ0v) is 22.9. The Morgan fingerprint density at radius 3 is 2.22 bits per heavy atom. The predicted octanol–water partition coefficient (Wildman–Crippen LogP) is 2.46. The number of carbonyl (C=O) groups is 4. The summed E-state index contributed by atoms with van der Waals surface area (Å²) in [6.45, 7) is 6.85. The van der Waals surface area contributed by atoms with E-state index in [1.165, 1.54) is 6.42 Å². The van der Waals surface area contributed by atoms with Crippen molar-refractivity contribution in [2.45, 2.75) is 103 Å². The van der Waals surface area contributed by atoms with Crippen LogP contribution in [0, 0.1) is 5.92 Å². The molecule has 0 spiro atoms. The average Bonchev–Trinajstić information content (AvgIpc) is 2.92. The Morgan fingerprint density at radius 2 is 1.54 bits per heavy atom. The van der Waals surface area contributed by atoms with E-state index in [9.17, 15) is 19.2 Å². The van der Waals surface area contributed by atoms with Crippen molar-refractivity contribution in [3.8, 4) is 0 Å². The molecule has 1 saturated carbocycles. The van der Waals surface area contributed by atoms with Crippen LogP contribution in [0.4, 0.5) is 4.79 Å². The first-order chi connectivity index (χ1) is 17.9. The maximum absolute atomic E-state index is 13.5. The van der Waals surface area contributed by atoms with E-state index >= 15 is 0 Å². The lowest BCUT2D eigenvalue weighted by Crippen LogP contribution is -2.57. The van der Waals surface area contributed by atoms with E-state index in [2.05, 4.69) is 21.3 Å². The van der Waals surface area contributed by atoms with Gasteiger partial charge in [0.25, 0.3) is 0 Å². The van der Waals surface area contributed by atoms with Crippen molar-refractivity contribution in [1.82, 2.24) is 26.2 Å². The summed E-state index contributed by atoms with van der Waals surface area (Å²) in [6.07, 6.45) is 10.4. The van der Waals surface area contributed by atoms with Gasteiger partial charge >= 0.3 is 6.03 Å². The van der Waals surface area contributed by atoms with Gasteiger partial charge in [0.05, 0.1) is 13.2 Å². The van der Waals surface area contributed by atoms with Gasteiger partial charge in [-0.3, -0.25) is 14.4 Å². The molecule has 2 atom stereocenters. The standard InChI is InChI=1S/C27H49N5O5/c1-3-5-12-24(33)28-15-13-22(25(34)29-14-6-4-2)30-26(35)23(20-21-10-8-7-9-11-21)31-27(36)32-16-18-37-19-17-32/h21-23H,3-20H2,1-2H3,(H,28,33)(H,29,34)(H,30,35)(H,31,36)/t22-,23-/m0/s1. The smallest absolute Gasteiger partial charge is 0.318 e. The third kappa shape index (κ3) is 12.2. The second kappa shape index (κ2) is 18.0. The second-order valence-corrected chi connectivity index (χ2v) is 10.3. The van der Waals surface area contributed by atoms with E-state index in [0.717, 1.165) is 51.4 Å². The third-order valence-electron chi connectivity index (χ3n) is 7.18. The summed E-state index contributed by atoms with van der Waals surface area (Å²) in [5, 5.41) is 11.6. The molecule has 1 aliphatic carbocycles. The van der Waals surface area contributed by atoms with Gasteiger partial charge in [-0.1, -0.05) is 58.8 Å². The van der Waals surface area contributed by atoms with E-state index < -0.39 is 12.1 Å². The molecule has 0 aromatic rings. The summed E-state index contributed by atoms with van der Waals surface area (Å²) in [7, 11) is 0. The molecule has 1 heterocycles. The predicted molar refractivity (Wildman–Crippen MR) is 143 cm³/mol. The molecule has 0 aromatic carbocycles. The maximum atomic E-state index is 13.5. The van der Waals surface area contributed by atoms with E-state index in [1.54, 1.807) is 4.90 Å². The molecule has 4 N–H and O–H groups in total. The van der Waals surface area contributed by atoms with Crippen LogP contribution < -0.4 is 21.3 Å². The van der Waals surface area contributed by atoms with Crippen LogP contribution in [0.25, 0.3) is 0 Å². The van der Waals surface area contributed by atoms with Crippen LogP contribution in [-0.2, 0) is 19.1 Å². The van der Waals surface area contributed by atoms with Crippen LogP contribution in [0.2, 0.25) is 0 Å². The summed E-state index contributed by atoms with van der Waals surface area (Å²) in [6, 6.07) is -1.78. The number of nitrogens with zero attached hydrogens (tertiary/aromatic N) is 1. The minimum absolute atomic E-state index is 0.0498. The summed E-state index contributed by atoms with van der Waals surface area (Å²) < 4.78 is 5.34. The van der Waals surface area contributed by atoms with Crippen molar-refractivity contribution >= 4 is 23.8 Å². The highest BCUT2D eigenvalue weighted by Gasteiger charge is 2.31. The van der Waals surface area contributed by atoms with Crippen molar-refractivity contribution in [1.29, 1.82) is 0 Å². The first-order valence-corrected chi connectivity index (χ1v) is 14.4. The number of amides is 5. The summed E-state index contributed by atoms with van der Waals surface area (Å²) in [4.78, 5) is 53.1. The van der Waals surface area contributed by atoms with Crippen molar-refractivity contribution < 1.29 is 23.9 Å². The maximum Gasteiger partial charge on any atom is 0.318 e. The van der Waals surface area contributed by atoms with Crippen molar-refractivity contribution in [2.75, 3.05) is 39.4 Å². The topological polar surface area (TPSA) is 129 Å². The zero-order valence-electron chi connectivity index (χ0n) is 22.9. The average molecular weight is 524 g/mol. The van der Waals surface area contributed by atoms with Gasteiger partial charge in [0, 0.05) is 32.6 Å². The van der Waals surface area contributed by atoms with Gasteiger partial charge in [-0.25, -0.2) is 4.79 Å². The molecular formula is C27H49N5O5. The largest absolute Gasteiger partial charge is 0.378 e. The number of urea groups is 1. The Hall–Kier alpha value is -2.36. The Kier molecular flexibility index (Phi) is 15.0. The minimum Gasteiger partial charge on any atom is -0.378 e. The fourth-order valence-electron chi connectivity index (χ4n) is 4.83. The van der Waals surface area contributed by atoms with Gasteiger partial charge in [-0.15, -0.1) is 0 Å². The molecule has 10 nitrogen and oxygen atoms in total. The molecule has 0 unspecified atom stereocenters. The van der Waals surface area contributed by atoms with E-state index in [4.69, 9.17) is 4.74 Å². The van der Waals surface area contributed by atoms with E-state index in [-0.39, 0.29) is 30.2 Å². The number of unbranched alkanes of at least 4 members (excludes halogenated alkanes) is 2. The van der Waals surface area contributed by atoms with Gasteiger partial charge < -0.3 is 30.9 Å². The van der Waals surface area contributed by atoms with Crippen molar-refractivity contribution in [3.05, 3.63) is 0 Å². The molecule has 2 aliphatic rings. The van der Waals surface area contributed by atoms with Gasteiger partial charge in [-0.2, -0.15) is 0 Å². The van der Waals surface area contributed by atoms with E-state index in [0.29, 0.717) is 58.2 Å². The van der Waals surface area contributed by atoms with Crippen molar-refractivity contribution in [3.63, 3.8) is 0 Å². The Morgan fingerprint density at radius 1 is 0.838 bits per heavy atom. The molecule has 2 fully saturated rings. The Bertz CT molecular complexity index is 707. The molecule has 2 rings (SSSR count). The molecule has 37 heavy (non-hydrogen) atoms. The van der Waals surface area contributed by atoms with Gasteiger partial charge in [0.15, 0.2) is 0 Å². The number of rotatable bonds is 15. The lowest BCUT2D eigenvalue weighted by atomic mass is 9.84. The first-order valence-electron chi connectivity index (χ1n) is 14.4. The van der Waals surface area contributed by atoms with E-state index in [1.807, 2.05) is 13.8 Å². The molecule has 0 radical (unpaired) electrons. The van der Waals surface area contributed by atoms with Crippen LogP contribution in [0.15, 0.2) is 0 Å². The normalized spacial score (nSPS) is 17.9. The fraction of sp³-hybridized carbons (Fsp3) is 0.852. The summed E-state index contributed by atoms with van der Waals surface area (Å²) in [5.41, 5.74) is 0. The van der Waals surface area contributed by atoms with Gasteiger partial charge in [-0.05, 0) is 31.6 Å². The highest BCUT2D eigenvalue weighted by atomic mass is 16.5. The van der Waals surface area contributed by atoms with Crippen LogP contribution >= 0.6 is 0 Å². The number of ether oxygens (including phenoxy) is 1. The number of hydrogen-bond donors (Lipinski definition) is 4. The van der Waals surface area contributed by atoms with Crippen LogP contribution in [0.5, 0.6) is 0 Å². The summed E-state index contributed by atoms with van der Waals surface area (Å²) in [5.74, 6) is -0.295. The van der Waals surface area contributed by atoms with Gasteiger partial charge in [0.2, 0.25) is 17.7 Å². The lowest BCUT2D eigenvalue weighted by molar-refractivity contribution is -0.130. The zero-order chi connectivity index (χ0) is 26.9. The minimum atomic E-state index is -0.787. The monoisotopic (exact) mass is 523 g/mol. The SMILES string of the molecule is CCCCNC(=O)[C@H](CCNC(=O)CCCC)NC(=O)[C@H](CC1CCCCC1)NC(=O)N1CCOCC1. The first kappa shape index (κ1) is 30.9. The number of carbonyl (C=O) groups excluding carboxylic acids is 4. The van der Waals surface area contributed by atoms with Gasteiger partial charge in [0.1, 0.15) is 12.1 Å². The van der Waals surface area contributed by atoms with Crippen molar-refractivity contribution in [2.24, 2.45) is 5.92 Å². The highest BCUT2D eigenvalue weighted by Crippen LogP contribution is 2.27. The molecule has 5 amide bonds. The molecule has 1 saturated heterocycles. The Balaban J connectivity index is 2.04. The van der Waals surface area contributed by atoms with Crippen LogP contribution in [-0.4, -0.2) is 80.1 Å². The number of nitrogens with one attached hydrogen (secondary N) is 4. The molecule has 10 heteroatoms. The lowest BCUT2D eigenvalue weighted by Gasteiger charge is -2.31. The summed E-state index contributed by atoms with van der Waals surface area (Å²) >= 11 is 0. The molecule has 0 aromatic heterocycles.